The molecule has 0 aromatic heterocycles. The third-order valence-electron chi connectivity index (χ3n) is 5.95. The Hall–Kier alpha value is -2.77. The molecule has 0 unspecified atom stereocenters. The molecular formula is C27H29NO2P+. The average molecular weight is 431 g/mol. The summed E-state index contributed by atoms with van der Waals surface area (Å²) in [5.74, 6) is -0.165. The zero-order chi connectivity index (χ0) is 21.5. The summed E-state index contributed by atoms with van der Waals surface area (Å²) in [6, 6.07) is 32.4. The van der Waals surface area contributed by atoms with Gasteiger partial charge in [0.1, 0.15) is 23.2 Å². The molecule has 31 heavy (non-hydrogen) atoms. The van der Waals surface area contributed by atoms with Crippen molar-refractivity contribution in [2.45, 2.75) is 32.1 Å². The first-order valence-corrected chi connectivity index (χ1v) is 13.1. The number of unbranched alkanes of at least 4 members (excludes halogenated alkanes) is 1. The highest BCUT2D eigenvalue weighted by Crippen LogP contribution is 2.55. The molecule has 0 atom stereocenters. The molecule has 2 amide bonds. The lowest BCUT2D eigenvalue weighted by atomic mass is 10.2. The van der Waals surface area contributed by atoms with Gasteiger partial charge in [-0.2, -0.15) is 0 Å². The van der Waals surface area contributed by atoms with E-state index in [1.807, 2.05) is 0 Å². The fraction of sp³-hybridized carbons (Fsp3) is 0.259. The quantitative estimate of drug-likeness (QED) is 0.409. The number of imide groups is 1. The van der Waals surface area contributed by atoms with Crippen LogP contribution in [0.1, 0.15) is 32.1 Å². The fourth-order valence-electron chi connectivity index (χ4n) is 4.16. The number of hydrogen-bond donors (Lipinski definition) is 1. The Bertz CT molecular complexity index is 905. The lowest BCUT2D eigenvalue weighted by molar-refractivity contribution is -0.131. The van der Waals surface area contributed by atoms with E-state index in [1.54, 1.807) is 0 Å². The topological polar surface area (TPSA) is 46.2 Å². The van der Waals surface area contributed by atoms with E-state index in [0.717, 1.165) is 31.8 Å². The van der Waals surface area contributed by atoms with Crippen molar-refractivity contribution < 1.29 is 9.59 Å². The maximum Gasteiger partial charge on any atom is 0.229 e. The number of amides is 2. The van der Waals surface area contributed by atoms with Gasteiger partial charge in [-0.15, -0.1) is 0 Å². The maximum atomic E-state index is 12.2. The van der Waals surface area contributed by atoms with Gasteiger partial charge in [0.15, 0.2) is 0 Å². The predicted molar refractivity (Wildman–Crippen MR) is 130 cm³/mol. The molecule has 1 N–H and O–H groups in total. The van der Waals surface area contributed by atoms with Crippen molar-refractivity contribution in [1.29, 1.82) is 0 Å². The molecular weight excluding hydrogens is 401 g/mol. The predicted octanol–water partition coefficient (Wildman–Crippen LogP) is 4.20. The monoisotopic (exact) mass is 430 g/mol. The molecule has 0 aliphatic heterocycles. The van der Waals surface area contributed by atoms with Gasteiger partial charge < -0.3 is 0 Å². The molecule has 0 saturated heterocycles. The zero-order valence-electron chi connectivity index (χ0n) is 17.7. The molecule has 4 heteroatoms. The molecule has 0 heterocycles. The minimum atomic E-state index is -1.85. The number of nitrogens with one attached hydrogen (secondary N) is 1. The highest BCUT2D eigenvalue weighted by Gasteiger charge is 2.44. The largest absolute Gasteiger partial charge is 0.296 e. The maximum absolute atomic E-state index is 12.2. The van der Waals surface area contributed by atoms with E-state index in [0.29, 0.717) is 6.42 Å². The van der Waals surface area contributed by atoms with Crippen LogP contribution in [0.25, 0.3) is 0 Å². The molecule has 4 rings (SSSR count). The van der Waals surface area contributed by atoms with E-state index < -0.39 is 7.26 Å². The van der Waals surface area contributed by atoms with Crippen molar-refractivity contribution >= 4 is 35.0 Å². The molecule has 3 nitrogen and oxygen atoms in total. The van der Waals surface area contributed by atoms with Crippen LogP contribution in [0.5, 0.6) is 0 Å². The van der Waals surface area contributed by atoms with E-state index in [1.165, 1.54) is 15.9 Å². The van der Waals surface area contributed by atoms with E-state index in [9.17, 15) is 9.59 Å². The Labute approximate surface area is 185 Å². The number of rotatable bonds is 9. The van der Waals surface area contributed by atoms with Gasteiger partial charge in [-0.05, 0) is 62.1 Å². The van der Waals surface area contributed by atoms with E-state index in [-0.39, 0.29) is 17.7 Å². The summed E-state index contributed by atoms with van der Waals surface area (Å²) in [7, 11) is -1.85. The smallest absolute Gasteiger partial charge is 0.229 e. The lowest BCUT2D eigenvalue weighted by Gasteiger charge is -2.27. The Morgan fingerprint density at radius 2 is 1.16 bits per heavy atom. The van der Waals surface area contributed by atoms with Gasteiger partial charge in [0.25, 0.3) is 0 Å². The Morgan fingerprint density at radius 1 is 0.710 bits per heavy atom. The van der Waals surface area contributed by atoms with Crippen LogP contribution < -0.4 is 21.2 Å². The fourth-order valence-corrected chi connectivity index (χ4v) is 8.57. The van der Waals surface area contributed by atoms with Crippen molar-refractivity contribution in [1.82, 2.24) is 5.32 Å². The molecule has 0 bridgehead atoms. The Morgan fingerprint density at radius 3 is 1.58 bits per heavy atom. The van der Waals surface area contributed by atoms with Crippen LogP contribution in [0.15, 0.2) is 91.0 Å². The summed E-state index contributed by atoms with van der Waals surface area (Å²) < 4.78 is 0. The van der Waals surface area contributed by atoms with Crippen LogP contribution in [0.2, 0.25) is 0 Å². The molecule has 0 radical (unpaired) electrons. The van der Waals surface area contributed by atoms with Crippen molar-refractivity contribution in [3.63, 3.8) is 0 Å². The first-order valence-electron chi connectivity index (χ1n) is 11.1. The van der Waals surface area contributed by atoms with Crippen LogP contribution in [0.4, 0.5) is 0 Å². The first-order chi connectivity index (χ1) is 15.2. The summed E-state index contributed by atoms with van der Waals surface area (Å²) in [4.78, 5) is 24.0. The molecule has 0 spiro atoms. The van der Waals surface area contributed by atoms with E-state index >= 15 is 0 Å². The summed E-state index contributed by atoms with van der Waals surface area (Å²) in [5.41, 5.74) is 0. The first kappa shape index (κ1) is 21.5. The van der Waals surface area contributed by atoms with Crippen molar-refractivity contribution in [2.75, 3.05) is 6.16 Å². The van der Waals surface area contributed by atoms with Gasteiger partial charge in [0.2, 0.25) is 11.8 Å². The summed E-state index contributed by atoms with van der Waals surface area (Å²) in [6.07, 6.45) is 4.93. The number of benzene rings is 3. The van der Waals surface area contributed by atoms with Crippen molar-refractivity contribution in [3.8, 4) is 0 Å². The highest BCUT2D eigenvalue weighted by molar-refractivity contribution is 7.95. The summed E-state index contributed by atoms with van der Waals surface area (Å²) in [6.45, 7) is 0. The van der Waals surface area contributed by atoms with Crippen LogP contribution in [0, 0.1) is 5.92 Å². The molecule has 1 fully saturated rings. The van der Waals surface area contributed by atoms with Gasteiger partial charge in [-0.25, -0.2) is 0 Å². The molecule has 1 aliphatic carbocycles. The van der Waals surface area contributed by atoms with Crippen LogP contribution in [-0.2, 0) is 9.59 Å². The van der Waals surface area contributed by atoms with Crippen LogP contribution in [-0.4, -0.2) is 18.0 Å². The Kier molecular flexibility index (Phi) is 6.94. The molecule has 3 aromatic carbocycles. The summed E-state index contributed by atoms with van der Waals surface area (Å²) >= 11 is 0. The standard InChI is InChI=1S/C27H28NO2P/c29-26(28-27(30)22-19-20-22)18-10-11-21-31(23-12-4-1-5-13-23,24-14-6-2-7-15-24)25-16-8-3-9-17-25/h1-9,12-17,22H,10-11,18-21H2/p+1. The lowest BCUT2D eigenvalue weighted by Crippen LogP contribution is -2.34. The van der Waals surface area contributed by atoms with Gasteiger partial charge in [-0.1, -0.05) is 54.6 Å². The number of hydrogen-bond acceptors (Lipinski definition) is 2. The van der Waals surface area contributed by atoms with E-state index in [4.69, 9.17) is 0 Å². The summed E-state index contributed by atoms with van der Waals surface area (Å²) in [5, 5.41) is 6.65. The minimum absolute atomic E-state index is 0.0665. The third-order valence-corrected chi connectivity index (χ3v) is 10.5. The normalized spacial score (nSPS) is 13.5. The van der Waals surface area contributed by atoms with E-state index in [2.05, 4.69) is 96.3 Å². The molecule has 158 valence electrons. The third kappa shape index (κ3) is 5.11. The van der Waals surface area contributed by atoms with Crippen molar-refractivity contribution in [3.05, 3.63) is 91.0 Å². The minimum Gasteiger partial charge on any atom is -0.296 e. The average Bonchev–Trinajstić information content (AvgIpc) is 3.67. The second-order valence-electron chi connectivity index (χ2n) is 8.18. The SMILES string of the molecule is O=C(CCCC[P+](c1ccccc1)(c1ccccc1)c1ccccc1)NC(=O)C1CC1. The second kappa shape index (κ2) is 10.0. The highest BCUT2D eigenvalue weighted by atomic mass is 31.2. The Balaban J connectivity index is 1.56. The van der Waals surface area contributed by atoms with Gasteiger partial charge >= 0.3 is 0 Å². The molecule has 1 aliphatic rings. The number of carbonyl (C=O) groups excluding carboxylic acids is 2. The van der Waals surface area contributed by atoms with Crippen LogP contribution >= 0.6 is 7.26 Å². The molecule has 1 saturated carbocycles. The van der Waals surface area contributed by atoms with Crippen molar-refractivity contribution in [2.24, 2.45) is 5.92 Å². The molecule has 3 aromatic rings. The second-order valence-corrected chi connectivity index (χ2v) is 11.8. The van der Waals surface area contributed by atoms with Gasteiger partial charge in [0, 0.05) is 12.3 Å². The van der Waals surface area contributed by atoms with Gasteiger partial charge in [0.05, 0.1) is 6.16 Å². The van der Waals surface area contributed by atoms with Crippen LogP contribution in [0.3, 0.4) is 0 Å². The number of carbonyl (C=O) groups is 2. The zero-order valence-corrected chi connectivity index (χ0v) is 18.6. The van der Waals surface area contributed by atoms with Gasteiger partial charge in [-0.3, -0.25) is 14.9 Å².